The van der Waals surface area contributed by atoms with Gasteiger partial charge in [-0.15, -0.1) is 0 Å². The molecule has 0 amide bonds. The van der Waals surface area contributed by atoms with Crippen LogP contribution in [0.15, 0.2) is 296 Å². The number of benzene rings is 13. The lowest BCUT2D eigenvalue weighted by Crippen LogP contribution is -2.15. The van der Waals surface area contributed by atoms with Crippen LogP contribution in [0, 0.1) is 0 Å². The Balaban J connectivity index is 0.797. The summed E-state index contributed by atoms with van der Waals surface area (Å²) in [6.45, 7) is 4.70. The van der Waals surface area contributed by atoms with E-state index in [0.29, 0.717) is 5.95 Å². The molecule has 1 aliphatic rings. The van der Waals surface area contributed by atoms with Crippen LogP contribution in [0.4, 0.5) is 17.1 Å². The lowest BCUT2D eigenvalue weighted by Gasteiger charge is -2.26. The van der Waals surface area contributed by atoms with Crippen molar-refractivity contribution in [2.24, 2.45) is 0 Å². The number of rotatable bonds is 8. The Morgan fingerprint density at radius 1 is 0.322 bits per heavy atom. The largest absolute Gasteiger partial charge is 0.456 e. The van der Waals surface area contributed by atoms with Crippen molar-refractivity contribution in [3.05, 3.63) is 302 Å². The van der Waals surface area contributed by atoms with Crippen molar-refractivity contribution in [1.29, 1.82) is 0 Å². The molecule has 7 heteroatoms. The molecule has 7 nitrogen and oxygen atoms in total. The summed E-state index contributed by atoms with van der Waals surface area (Å²) in [5.41, 5.74) is 21.7. The number of furan rings is 1. The molecule has 422 valence electrons. The highest BCUT2D eigenvalue weighted by molar-refractivity contribution is 6.14. The van der Waals surface area contributed by atoms with Crippen molar-refractivity contribution in [1.82, 2.24) is 23.7 Å². The minimum atomic E-state index is -0.213. The Labute approximate surface area is 517 Å². The summed E-state index contributed by atoms with van der Waals surface area (Å²) in [6.07, 6.45) is 0. The molecule has 90 heavy (non-hydrogen) atoms. The van der Waals surface area contributed by atoms with E-state index < -0.39 is 0 Å². The number of anilines is 3. The molecule has 18 aromatic rings. The SMILES string of the molecule is CC1(C)c2ccccc2-c2cc3c4ccccc4n(-c4nc(-c5ccc6cc(N(c7ccccc7)c7ccc8c9ccccc9n(-c9ccccc9)c8c7)ccc6c5)cc(-n5c6ccccc6c6cc(-c7ccc8oc9ccccc9c8c7)ccc65)n4)c3cc21. The Kier molecular flexibility index (Phi) is 10.7. The van der Waals surface area contributed by atoms with Gasteiger partial charge in [0.15, 0.2) is 0 Å². The molecule has 0 radical (unpaired) electrons. The van der Waals surface area contributed by atoms with E-state index in [4.69, 9.17) is 14.4 Å². The van der Waals surface area contributed by atoms with Crippen LogP contribution < -0.4 is 4.90 Å². The third kappa shape index (κ3) is 7.47. The molecule has 0 aliphatic heterocycles. The molecule has 0 unspecified atom stereocenters. The lowest BCUT2D eigenvalue weighted by atomic mass is 9.82. The highest BCUT2D eigenvalue weighted by Gasteiger charge is 2.36. The number of nitrogens with zero attached hydrogens (tertiary/aromatic N) is 6. The molecule has 1 aliphatic carbocycles. The van der Waals surface area contributed by atoms with Crippen molar-refractivity contribution in [3.8, 4) is 51.0 Å². The summed E-state index contributed by atoms with van der Waals surface area (Å²) in [5, 5.41) is 11.5. The lowest BCUT2D eigenvalue weighted by molar-refractivity contribution is 0.661. The van der Waals surface area contributed by atoms with E-state index >= 15 is 0 Å². The first-order chi connectivity index (χ1) is 44.4. The van der Waals surface area contributed by atoms with Crippen LogP contribution in [0.1, 0.15) is 25.0 Å². The van der Waals surface area contributed by atoms with E-state index in [1.807, 2.05) is 12.1 Å². The van der Waals surface area contributed by atoms with Crippen molar-refractivity contribution >= 4 is 115 Å². The van der Waals surface area contributed by atoms with Gasteiger partial charge in [-0.1, -0.05) is 184 Å². The molecule has 0 saturated carbocycles. The fraction of sp³-hybridized carbons (Fsp3) is 0.0361. The first kappa shape index (κ1) is 50.4. The van der Waals surface area contributed by atoms with Crippen LogP contribution in [0.3, 0.4) is 0 Å². The average Bonchev–Trinajstić information content (AvgIpc) is 1.67. The molecule has 5 heterocycles. The number of fused-ring (bicyclic) bond motifs is 16. The monoisotopic (exact) mass is 1150 g/mol. The summed E-state index contributed by atoms with van der Waals surface area (Å²) in [4.78, 5) is 13.8. The normalized spacial score (nSPS) is 12.9. The quantitative estimate of drug-likeness (QED) is 0.152. The zero-order valence-electron chi connectivity index (χ0n) is 49.3. The van der Waals surface area contributed by atoms with E-state index in [0.717, 1.165) is 127 Å². The second kappa shape index (κ2) is 19.1. The maximum Gasteiger partial charge on any atom is 0.237 e. The van der Waals surface area contributed by atoms with Gasteiger partial charge < -0.3 is 13.9 Å². The molecule has 0 fully saturated rings. The van der Waals surface area contributed by atoms with Crippen LogP contribution in [0.25, 0.3) is 149 Å². The summed E-state index contributed by atoms with van der Waals surface area (Å²) < 4.78 is 13.3. The highest BCUT2D eigenvalue weighted by atomic mass is 16.3. The third-order valence-corrected chi connectivity index (χ3v) is 19.2. The van der Waals surface area contributed by atoms with Gasteiger partial charge in [0.2, 0.25) is 5.95 Å². The summed E-state index contributed by atoms with van der Waals surface area (Å²) >= 11 is 0. The van der Waals surface area contributed by atoms with Crippen LogP contribution in [-0.4, -0.2) is 23.7 Å². The number of hydrogen-bond donors (Lipinski definition) is 0. The predicted octanol–water partition coefficient (Wildman–Crippen LogP) is 21.9. The van der Waals surface area contributed by atoms with Gasteiger partial charge in [0, 0.05) is 82.9 Å². The summed E-state index contributed by atoms with van der Waals surface area (Å²) in [7, 11) is 0. The molecular formula is C83H54N6O. The Hall–Kier alpha value is -11.8. The van der Waals surface area contributed by atoms with Crippen LogP contribution >= 0.6 is 0 Å². The van der Waals surface area contributed by atoms with Crippen LogP contribution in [0.5, 0.6) is 0 Å². The second-order valence-corrected chi connectivity index (χ2v) is 24.5. The minimum absolute atomic E-state index is 0.213. The van der Waals surface area contributed by atoms with Crippen molar-refractivity contribution in [2.45, 2.75) is 19.3 Å². The standard InChI is InChI=1S/C83H54N6O/c1-83(2)70-28-14-9-23-60(70)66-48-68-63-26-12-17-31-75(63)89(78(68)49-71(66)83)82-84-72(50-81(85-82)88-74-30-16-11-25-62(74)67-45-53(36-41-76(67)88)54-37-42-80-69(46-54)65-27-13-18-32-79(65)90-80)55-34-33-52-44-58(38-35-51(52)43-55)86(56-19-5-3-6-20-56)59-39-40-64-61-24-10-15-29-73(61)87(77(64)47-59)57-21-7-4-8-22-57/h3-50H,1-2H3. The second-order valence-electron chi connectivity index (χ2n) is 24.5. The van der Waals surface area contributed by atoms with E-state index in [1.54, 1.807) is 0 Å². The maximum atomic E-state index is 6.27. The van der Waals surface area contributed by atoms with Crippen LogP contribution in [0.2, 0.25) is 0 Å². The molecule has 0 N–H and O–H groups in total. The number of hydrogen-bond acceptors (Lipinski definition) is 4. The fourth-order valence-electron chi connectivity index (χ4n) is 15.0. The van der Waals surface area contributed by atoms with Crippen molar-refractivity contribution in [3.63, 3.8) is 0 Å². The van der Waals surface area contributed by atoms with E-state index in [-0.39, 0.29) is 5.41 Å². The van der Waals surface area contributed by atoms with Gasteiger partial charge in [-0.3, -0.25) is 9.13 Å². The molecule has 19 rings (SSSR count). The maximum absolute atomic E-state index is 6.27. The van der Waals surface area contributed by atoms with Gasteiger partial charge in [-0.05, 0) is 159 Å². The van der Waals surface area contributed by atoms with Gasteiger partial charge >= 0.3 is 0 Å². The smallest absolute Gasteiger partial charge is 0.237 e. The van der Waals surface area contributed by atoms with Gasteiger partial charge in [-0.2, -0.15) is 4.98 Å². The van der Waals surface area contributed by atoms with Gasteiger partial charge in [0.05, 0.1) is 38.8 Å². The Morgan fingerprint density at radius 3 is 1.68 bits per heavy atom. The summed E-state index contributed by atoms with van der Waals surface area (Å²) in [5.74, 6) is 1.37. The molecule has 0 atom stereocenters. The first-order valence-corrected chi connectivity index (χ1v) is 30.9. The first-order valence-electron chi connectivity index (χ1n) is 30.9. The molecule has 5 aromatic heterocycles. The number of para-hydroxylation sites is 6. The Bertz CT molecular complexity index is 6020. The van der Waals surface area contributed by atoms with Crippen LogP contribution in [-0.2, 0) is 5.41 Å². The Morgan fingerprint density at radius 2 is 0.878 bits per heavy atom. The zero-order chi connectivity index (χ0) is 59.3. The van der Waals surface area contributed by atoms with E-state index in [1.165, 1.54) is 43.9 Å². The molecule has 13 aromatic carbocycles. The molecule has 0 bridgehead atoms. The van der Waals surface area contributed by atoms with Crippen molar-refractivity contribution < 1.29 is 4.42 Å². The van der Waals surface area contributed by atoms with Gasteiger partial charge in [0.25, 0.3) is 0 Å². The van der Waals surface area contributed by atoms with Crippen molar-refractivity contribution in [2.75, 3.05) is 4.90 Å². The van der Waals surface area contributed by atoms with E-state index in [9.17, 15) is 0 Å². The minimum Gasteiger partial charge on any atom is -0.456 e. The molecule has 0 saturated heterocycles. The number of aromatic nitrogens is 5. The predicted molar refractivity (Wildman–Crippen MR) is 373 cm³/mol. The van der Waals surface area contributed by atoms with Gasteiger partial charge in [-0.25, -0.2) is 4.98 Å². The third-order valence-electron chi connectivity index (χ3n) is 19.2. The van der Waals surface area contributed by atoms with Gasteiger partial charge in [0.1, 0.15) is 17.0 Å². The summed E-state index contributed by atoms with van der Waals surface area (Å²) in [6, 6.07) is 106. The fourth-order valence-corrected chi connectivity index (χ4v) is 15.0. The average molecular weight is 1150 g/mol. The highest BCUT2D eigenvalue weighted by Crippen LogP contribution is 2.51. The molecular weight excluding hydrogens is 1100 g/mol. The molecule has 0 spiro atoms. The zero-order valence-corrected chi connectivity index (χ0v) is 49.3. The topological polar surface area (TPSA) is 57.0 Å². The van der Waals surface area contributed by atoms with E-state index in [2.05, 4.69) is 312 Å².